The van der Waals surface area contributed by atoms with E-state index in [1.165, 1.54) is 6.07 Å². The number of pyridine rings is 1. The summed E-state index contributed by atoms with van der Waals surface area (Å²) < 4.78 is 13.2. The quantitative estimate of drug-likeness (QED) is 0.692. The van der Waals surface area contributed by atoms with Crippen molar-refractivity contribution in [2.24, 2.45) is 0 Å². The second-order valence-electron chi connectivity index (χ2n) is 6.30. The topological polar surface area (TPSA) is 65.9 Å². The molecule has 0 saturated carbocycles. The van der Waals surface area contributed by atoms with Gasteiger partial charge in [0.1, 0.15) is 16.9 Å². The first kappa shape index (κ1) is 17.1. The lowest BCUT2D eigenvalue weighted by atomic mass is 9.89. The average molecular weight is 334 g/mol. The molecule has 0 unspecified atom stereocenters. The van der Waals surface area contributed by atoms with E-state index >= 15 is 0 Å². The van der Waals surface area contributed by atoms with Crippen molar-refractivity contribution in [1.82, 2.24) is 9.97 Å². The van der Waals surface area contributed by atoms with Crippen molar-refractivity contribution in [3.8, 4) is 11.4 Å². The van der Waals surface area contributed by atoms with Crippen molar-refractivity contribution in [3.05, 3.63) is 48.0 Å². The van der Waals surface area contributed by atoms with Gasteiger partial charge in [-0.15, -0.1) is 12.4 Å². The van der Waals surface area contributed by atoms with Gasteiger partial charge in [0.2, 0.25) is 5.95 Å². The van der Waals surface area contributed by atoms with Crippen LogP contribution < -0.4 is 10.7 Å². The number of hydrogen-bond acceptors (Lipinski definition) is 3. The van der Waals surface area contributed by atoms with Crippen LogP contribution in [0, 0.1) is 5.95 Å². The molecule has 0 atom stereocenters. The number of anilines is 1. The minimum absolute atomic E-state index is 0. The number of aromatic amines is 1. The zero-order valence-corrected chi connectivity index (χ0v) is 14.0. The highest BCUT2D eigenvalue weighted by atomic mass is 35.5. The summed E-state index contributed by atoms with van der Waals surface area (Å²) in [6, 6.07) is 10.9. The molecule has 120 valence electrons. The van der Waals surface area contributed by atoms with E-state index in [0.717, 1.165) is 16.6 Å². The largest absolute Gasteiger partial charge is 0.383 e. The Morgan fingerprint density at radius 3 is 2.39 bits per heavy atom. The molecule has 3 N–H and O–H groups in total. The van der Waals surface area contributed by atoms with Gasteiger partial charge in [0.15, 0.2) is 5.69 Å². The number of rotatable bonds is 1. The third-order valence-electron chi connectivity index (χ3n) is 3.52. The predicted octanol–water partition coefficient (Wildman–Crippen LogP) is 3.55. The minimum atomic E-state index is -0.599. The Kier molecular flexibility index (Phi) is 4.52. The molecular formula is C17H19ClFN4+. The number of benzene rings is 1. The summed E-state index contributed by atoms with van der Waals surface area (Å²) in [6.07, 6.45) is 0. The van der Waals surface area contributed by atoms with Crippen molar-refractivity contribution in [2.75, 3.05) is 5.73 Å². The highest BCUT2D eigenvalue weighted by Crippen LogP contribution is 2.29. The van der Waals surface area contributed by atoms with Crippen LogP contribution in [0.15, 0.2) is 36.4 Å². The van der Waals surface area contributed by atoms with Gasteiger partial charge in [0.05, 0.1) is 5.39 Å². The molecule has 0 amide bonds. The van der Waals surface area contributed by atoms with Crippen LogP contribution in [0.2, 0.25) is 0 Å². The number of aromatic nitrogens is 3. The molecule has 23 heavy (non-hydrogen) atoms. The van der Waals surface area contributed by atoms with Gasteiger partial charge in [0.25, 0.3) is 0 Å². The molecule has 2 aromatic heterocycles. The smallest absolute Gasteiger partial charge is 0.332 e. The summed E-state index contributed by atoms with van der Waals surface area (Å²) in [5, 5.41) is 1.06. The molecule has 2 heterocycles. The number of nitrogen functional groups attached to an aromatic ring is 1. The normalized spacial score (nSPS) is 11.3. The first-order valence-corrected chi connectivity index (χ1v) is 7.11. The number of nitrogens with one attached hydrogen (secondary N) is 1. The number of nitrogens with two attached hydrogens (primary N) is 1. The van der Waals surface area contributed by atoms with Crippen LogP contribution in [-0.4, -0.2) is 9.97 Å². The van der Waals surface area contributed by atoms with Crippen molar-refractivity contribution in [2.45, 2.75) is 26.2 Å². The third kappa shape index (κ3) is 3.24. The SMILES string of the molecule is CC(C)(C)c1nc(-c2ccc(F)nc2N)[nH+]c2ccccc12.Cl. The second-order valence-corrected chi connectivity index (χ2v) is 6.30. The van der Waals surface area contributed by atoms with Crippen LogP contribution in [0.25, 0.3) is 22.3 Å². The summed E-state index contributed by atoms with van der Waals surface area (Å²) in [4.78, 5) is 11.7. The Balaban J connectivity index is 0.00000192. The van der Waals surface area contributed by atoms with Crippen LogP contribution in [0.4, 0.5) is 10.2 Å². The van der Waals surface area contributed by atoms with Gasteiger partial charge in [-0.3, -0.25) is 0 Å². The molecule has 3 rings (SSSR count). The molecule has 4 nitrogen and oxygen atoms in total. The van der Waals surface area contributed by atoms with E-state index in [1.54, 1.807) is 6.07 Å². The predicted molar refractivity (Wildman–Crippen MR) is 91.8 cm³/mol. The molecule has 0 fully saturated rings. The Bertz CT molecular complexity index is 859. The van der Waals surface area contributed by atoms with E-state index in [0.29, 0.717) is 11.4 Å². The Morgan fingerprint density at radius 1 is 1.04 bits per heavy atom. The number of H-pyrrole nitrogens is 1. The van der Waals surface area contributed by atoms with Gasteiger partial charge < -0.3 is 5.73 Å². The van der Waals surface area contributed by atoms with Gasteiger partial charge in [-0.1, -0.05) is 32.9 Å². The summed E-state index contributed by atoms with van der Waals surface area (Å²) >= 11 is 0. The van der Waals surface area contributed by atoms with E-state index in [2.05, 4.69) is 30.7 Å². The van der Waals surface area contributed by atoms with E-state index in [9.17, 15) is 4.39 Å². The molecule has 0 aliphatic rings. The number of halogens is 2. The molecule has 0 aliphatic carbocycles. The van der Waals surface area contributed by atoms with Crippen molar-refractivity contribution < 1.29 is 9.37 Å². The average Bonchev–Trinajstić information content (AvgIpc) is 2.45. The number of para-hydroxylation sites is 1. The van der Waals surface area contributed by atoms with Gasteiger partial charge in [-0.05, 0) is 29.2 Å². The first-order chi connectivity index (χ1) is 10.4. The zero-order chi connectivity index (χ0) is 15.9. The van der Waals surface area contributed by atoms with Gasteiger partial charge in [-0.25, -0.2) is 9.97 Å². The van der Waals surface area contributed by atoms with Crippen molar-refractivity contribution in [1.29, 1.82) is 0 Å². The summed E-state index contributed by atoms with van der Waals surface area (Å²) in [7, 11) is 0. The fourth-order valence-electron chi connectivity index (χ4n) is 2.48. The van der Waals surface area contributed by atoms with Gasteiger partial charge >= 0.3 is 5.82 Å². The van der Waals surface area contributed by atoms with Crippen LogP contribution in [0.5, 0.6) is 0 Å². The maximum absolute atomic E-state index is 13.2. The number of hydrogen-bond donors (Lipinski definition) is 1. The number of fused-ring (bicyclic) bond motifs is 1. The molecule has 0 bridgehead atoms. The van der Waals surface area contributed by atoms with E-state index in [1.807, 2.05) is 24.3 Å². The van der Waals surface area contributed by atoms with Crippen LogP contribution >= 0.6 is 12.4 Å². The zero-order valence-electron chi connectivity index (χ0n) is 13.2. The van der Waals surface area contributed by atoms with Crippen molar-refractivity contribution in [3.63, 3.8) is 0 Å². The van der Waals surface area contributed by atoms with E-state index in [4.69, 9.17) is 10.7 Å². The van der Waals surface area contributed by atoms with Gasteiger partial charge in [0, 0.05) is 5.41 Å². The van der Waals surface area contributed by atoms with Crippen LogP contribution in [0.3, 0.4) is 0 Å². The molecule has 0 radical (unpaired) electrons. The lowest BCUT2D eigenvalue weighted by molar-refractivity contribution is -0.335. The molecule has 3 aromatic rings. The molecule has 0 spiro atoms. The highest BCUT2D eigenvalue weighted by Gasteiger charge is 2.27. The maximum Gasteiger partial charge on any atom is 0.332 e. The molecule has 0 saturated heterocycles. The van der Waals surface area contributed by atoms with Crippen LogP contribution in [0.1, 0.15) is 26.5 Å². The third-order valence-corrected chi connectivity index (χ3v) is 3.52. The molecular weight excluding hydrogens is 315 g/mol. The number of nitrogens with zero attached hydrogens (tertiary/aromatic N) is 2. The minimum Gasteiger partial charge on any atom is -0.383 e. The summed E-state index contributed by atoms with van der Waals surface area (Å²) in [5.74, 6) is 0.116. The van der Waals surface area contributed by atoms with E-state index in [-0.39, 0.29) is 23.6 Å². The lowest BCUT2D eigenvalue weighted by Crippen LogP contribution is -2.21. The second kappa shape index (κ2) is 6.08. The maximum atomic E-state index is 13.2. The molecule has 0 aliphatic heterocycles. The van der Waals surface area contributed by atoms with Gasteiger partial charge in [-0.2, -0.15) is 4.39 Å². The Labute approximate surface area is 140 Å². The Hall–Kier alpha value is -2.27. The molecule has 6 heteroatoms. The molecule has 1 aromatic carbocycles. The first-order valence-electron chi connectivity index (χ1n) is 7.11. The highest BCUT2D eigenvalue weighted by molar-refractivity contribution is 5.85. The fraction of sp³-hybridized carbons (Fsp3) is 0.235. The monoisotopic (exact) mass is 333 g/mol. The lowest BCUT2D eigenvalue weighted by Gasteiger charge is -2.15. The van der Waals surface area contributed by atoms with E-state index < -0.39 is 5.95 Å². The summed E-state index contributed by atoms with van der Waals surface area (Å²) in [6.45, 7) is 6.33. The van der Waals surface area contributed by atoms with Crippen molar-refractivity contribution >= 4 is 29.1 Å². The van der Waals surface area contributed by atoms with Crippen LogP contribution in [-0.2, 0) is 5.41 Å². The standard InChI is InChI=1S/C17H17FN4.ClH/c1-17(2,3)14-10-6-4-5-7-12(10)20-16(22-14)11-8-9-13(18)21-15(11)19;/h4-9H,1-3H3,(H2,19,21);1H/p+1. The fourth-order valence-corrected chi connectivity index (χ4v) is 2.48. The Morgan fingerprint density at radius 2 is 1.74 bits per heavy atom. The summed E-state index contributed by atoms with van der Waals surface area (Å²) in [5.41, 5.74) is 8.23.